The lowest BCUT2D eigenvalue weighted by atomic mass is 10.2. The number of hydroxylamine groups is 2. The summed E-state index contributed by atoms with van der Waals surface area (Å²) < 4.78 is 0. The summed E-state index contributed by atoms with van der Waals surface area (Å²) in [7, 11) is 0. The molecule has 2 amide bonds. The van der Waals surface area contributed by atoms with E-state index in [4.69, 9.17) is 10.6 Å². The van der Waals surface area contributed by atoms with Crippen LogP contribution in [-0.4, -0.2) is 28.0 Å². The molecule has 4 N–H and O–H groups in total. The highest BCUT2D eigenvalue weighted by Gasteiger charge is 2.33. The van der Waals surface area contributed by atoms with Crippen molar-refractivity contribution >= 4 is 40.8 Å². The van der Waals surface area contributed by atoms with Gasteiger partial charge in [0, 0.05) is 12.8 Å². The summed E-state index contributed by atoms with van der Waals surface area (Å²) in [6, 6.07) is 6.10. The van der Waals surface area contributed by atoms with Gasteiger partial charge in [-0.05, 0) is 36.5 Å². The van der Waals surface area contributed by atoms with E-state index in [2.05, 4.69) is 23.1 Å². The van der Waals surface area contributed by atoms with Crippen molar-refractivity contribution in [1.82, 2.24) is 10.5 Å². The van der Waals surface area contributed by atoms with E-state index < -0.39 is 17.8 Å². The fraction of sp³-hybridized carbons (Fsp3) is 0.167. The Morgan fingerprint density at radius 3 is 2.29 bits per heavy atom. The van der Waals surface area contributed by atoms with Crippen LogP contribution in [-0.2, 0) is 14.4 Å². The molecule has 0 aromatic heterocycles. The van der Waals surface area contributed by atoms with Crippen LogP contribution in [0.2, 0.25) is 0 Å². The number of nitrogens with one attached hydrogen (secondary N) is 2. The smallest absolute Gasteiger partial charge is 0.363 e. The number of hydrogen-bond donors (Lipinski definition) is 3. The van der Waals surface area contributed by atoms with Gasteiger partial charge in [-0.2, -0.15) is 0 Å². The summed E-state index contributed by atoms with van der Waals surface area (Å²) in [5, 5.41) is 0.577. The van der Waals surface area contributed by atoms with Gasteiger partial charge in [0.15, 0.2) is 5.11 Å². The number of thiocarbonyl (C=S) groups is 1. The van der Waals surface area contributed by atoms with Crippen LogP contribution in [0.1, 0.15) is 23.2 Å². The van der Waals surface area contributed by atoms with Gasteiger partial charge in [-0.25, -0.2) is 4.79 Å². The second-order valence-corrected chi connectivity index (χ2v) is 4.59. The average Bonchev–Trinajstić information content (AvgIpc) is 2.77. The maximum absolute atomic E-state index is 11.8. The SMILES string of the molecule is NC(=S)NNc1ccc(C(=O)ON2C(=O)CCC2=O)cc1. The number of hydrazine groups is 1. The van der Waals surface area contributed by atoms with E-state index in [9.17, 15) is 14.4 Å². The standard InChI is InChI=1S/C12H12N4O4S/c13-12(21)15-14-8-3-1-7(2-4-8)11(19)20-16-9(17)5-6-10(16)18/h1-4,14H,5-6H2,(H3,13,15,21). The Morgan fingerprint density at radius 1 is 1.19 bits per heavy atom. The lowest BCUT2D eigenvalue weighted by Gasteiger charge is -2.13. The Labute approximate surface area is 125 Å². The lowest BCUT2D eigenvalue weighted by Crippen LogP contribution is -2.34. The van der Waals surface area contributed by atoms with Crippen LogP contribution in [0.4, 0.5) is 5.69 Å². The molecule has 1 fully saturated rings. The van der Waals surface area contributed by atoms with Crippen molar-refractivity contribution in [2.45, 2.75) is 12.8 Å². The molecule has 9 heteroatoms. The highest BCUT2D eigenvalue weighted by molar-refractivity contribution is 7.80. The van der Waals surface area contributed by atoms with Crippen LogP contribution < -0.4 is 16.6 Å². The van der Waals surface area contributed by atoms with E-state index in [-0.39, 0.29) is 23.5 Å². The Balaban J connectivity index is 1.98. The maximum Gasteiger partial charge on any atom is 0.363 e. The number of hydrogen-bond acceptors (Lipinski definition) is 6. The van der Waals surface area contributed by atoms with Crippen LogP contribution in [0.15, 0.2) is 24.3 Å². The Hall–Kier alpha value is -2.68. The van der Waals surface area contributed by atoms with Gasteiger partial charge in [0.25, 0.3) is 11.8 Å². The lowest BCUT2D eigenvalue weighted by molar-refractivity contribution is -0.172. The fourth-order valence-corrected chi connectivity index (χ4v) is 1.67. The highest BCUT2D eigenvalue weighted by Crippen LogP contribution is 2.15. The largest absolute Gasteiger partial charge is 0.375 e. The number of nitrogens with zero attached hydrogens (tertiary/aromatic N) is 1. The first-order chi connectivity index (χ1) is 9.97. The summed E-state index contributed by atoms with van der Waals surface area (Å²) in [5.74, 6) is -1.83. The van der Waals surface area contributed by atoms with Crippen molar-refractivity contribution in [2.75, 3.05) is 5.43 Å². The Morgan fingerprint density at radius 2 is 1.76 bits per heavy atom. The summed E-state index contributed by atoms with van der Waals surface area (Å²) in [4.78, 5) is 39.3. The normalized spacial score (nSPS) is 14.0. The minimum atomic E-state index is -0.785. The topological polar surface area (TPSA) is 114 Å². The number of nitrogens with two attached hydrogens (primary N) is 1. The molecule has 0 saturated carbocycles. The third-order valence-corrected chi connectivity index (χ3v) is 2.73. The summed E-state index contributed by atoms with van der Waals surface area (Å²) in [5.41, 5.74) is 11.3. The predicted molar refractivity (Wildman–Crippen MR) is 76.5 cm³/mol. The first-order valence-electron chi connectivity index (χ1n) is 5.97. The summed E-state index contributed by atoms with van der Waals surface area (Å²) in [6.07, 6.45) is 0.110. The molecule has 1 aromatic carbocycles. The molecule has 0 radical (unpaired) electrons. The van der Waals surface area contributed by atoms with E-state index in [1.807, 2.05) is 0 Å². The molecule has 0 spiro atoms. The van der Waals surface area contributed by atoms with Crippen LogP contribution in [0, 0.1) is 0 Å². The van der Waals surface area contributed by atoms with Crippen LogP contribution >= 0.6 is 12.2 Å². The number of carbonyl (C=O) groups is 3. The van der Waals surface area contributed by atoms with Crippen molar-refractivity contribution in [3.8, 4) is 0 Å². The molecule has 1 aromatic rings. The molecular formula is C12H12N4O4S. The van der Waals surface area contributed by atoms with Crippen molar-refractivity contribution in [2.24, 2.45) is 5.73 Å². The zero-order chi connectivity index (χ0) is 15.4. The molecular weight excluding hydrogens is 296 g/mol. The van der Waals surface area contributed by atoms with Gasteiger partial charge in [-0.15, -0.1) is 5.06 Å². The van der Waals surface area contributed by atoms with E-state index in [1.54, 1.807) is 12.1 Å². The van der Waals surface area contributed by atoms with E-state index in [0.29, 0.717) is 10.8 Å². The Bertz CT molecular complexity index is 586. The number of anilines is 1. The molecule has 0 unspecified atom stereocenters. The molecule has 0 atom stereocenters. The number of carbonyl (C=O) groups excluding carboxylic acids is 3. The average molecular weight is 308 g/mol. The zero-order valence-electron chi connectivity index (χ0n) is 10.8. The molecule has 1 aliphatic heterocycles. The number of rotatable bonds is 4. The zero-order valence-corrected chi connectivity index (χ0v) is 11.6. The summed E-state index contributed by atoms with van der Waals surface area (Å²) >= 11 is 4.62. The maximum atomic E-state index is 11.8. The van der Waals surface area contributed by atoms with Gasteiger partial charge in [0.1, 0.15) is 0 Å². The first kappa shape index (κ1) is 14.7. The minimum Gasteiger partial charge on any atom is -0.375 e. The van der Waals surface area contributed by atoms with E-state index >= 15 is 0 Å². The van der Waals surface area contributed by atoms with Crippen LogP contribution in [0.5, 0.6) is 0 Å². The monoisotopic (exact) mass is 308 g/mol. The van der Waals surface area contributed by atoms with Gasteiger partial charge in [0.2, 0.25) is 0 Å². The molecule has 8 nitrogen and oxygen atoms in total. The number of imide groups is 1. The second kappa shape index (κ2) is 6.18. The van der Waals surface area contributed by atoms with Crippen LogP contribution in [0.3, 0.4) is 0 Å². The van der Waals surface area contributed by atoms with Crippen molar-refractivity contribution < 1.29 is 19.2 Å². The quantitative estimate of drug-likeness (QED) is 0.407. The van der Waals surface area contributed by atoms with Crippen molar-refractivity contribution in [3.63, 3.8) is 0 Å². The third-order valence-electron chi connectivity index (χ3n) is 2.63. The molecule has 21 heavy (non-hydrogen) atoms. The molecule has 0 bridgehead atoms. The predicted octanol–water partition coefficient (Wildman–Crippen LogP) is 0.0675. The fourth-order valence-electron chi connectivity index (χ4n) is 1.62. The number of amides is 2. The molecule has 1 saturated heterocycles. The second-order valence-electron chi connectivity index (χ2n) is 4.15. The van der Waals surface area contributed by atoms with Crippen molar-refractivity contribution in [1.29, 1.82) is 0 Å². The molecule has 110 valence electrons. The van der Waals surface area contributed by atoms with E-state index in [0.717, 1.165) is 0 Å². The van der Waals surface area contributed by atoms with Gasteiger partial charge >= 0.3 is 5.97 Å². The molecule has 1 heterocycles. The van der Waals surface area contributed by atoms with Gasteiger partial charge in [0.05, 0.1) is 11.3 Å². The highest BCUT2D eigenvalue weighted by atomic mass is 32.1. The molecule has 2 rings (SSSR count). The van der Waals surface area contributed by atoms with Gasteiger partial charge < -0.3 is 10.6 Å². The first-order valence-corrected chi connectivity index (χ1v) is 6.38. The van der Waals surface area contributed by atoms with Crippen molar-refractivity contribution in [3.05, 3.63) is 29.8 Å². The van der Waals surface area contributed by atoms with Crippen LogP contribution in [0.25, 0.3) is 0 Å². The minimum absolute atomic E-state index is 0.0552. The third kappa shape index (κ3) is 3.66. The molecule has 1 aliphatic rings. The molecule has 0 aliphatic carbocycles. The van der Waals surface area contributed by atoms with Gasteiger partial charge in [-0.1, -0.05) is 0 Å². The Kier molecular flexibility index (Phi) is 4.33. The summed E-state index contributed by atoms with van der Waals surface area (Å²) in [6.45, 7) is 0. The number of benzene rings is 1. The van der Waals surface area contributed by atoms with E-state index in [1.165, 1.54) is 12.1 Å². The van der Waals surface area contributed by atoms with Gasteiger partial charge in [-0.3, -0.25) is 20.4 Å².